The number of nitrogens with zero attached hydrogens (tertiary/aromatic N) is 4. The molecule has 7 nitrogen and oxygen atoms in total. The summed E-state index contributed by atoms with van der Waals surface area (Å²) in [5, 5.41) is 7.35. The van der Waals surface area contributed by atoms with E-state index >= 15 is 0 Å². The molecule has 1 aromatic carbocycles. The van der Waals surface area contributed by atoms with Gasteiger partial charge in [-0.15, -0.1) is 0 Å². The van der Waals surface area contributed by atoms with Gasteiger partial charge in [-0.1, -0.05) is 38.8 Å². The molecule has 3 rings (SSSR count). The minimum Gasteiger partial charge on any atom is -0.319 e. The van der Waals surface area contributed by atoms with Crippen molar-refractivity contribution in [2.75, 3.05) is 29.9 Å². The van der Waals surface area contributed by atoms with Gasteiger partial charge in [-0.25, -0.2) is 0 Å². The fourth-order valence-corrected chi connectivity index (χ4v) is 3.80. The number of amides is 2. The number of fused-ring (bicyclic) bond motifs is 2. The second kappa shape index (κ2) is 9.22. The van der Waals surface area contributed by atoms with Crippen molar-refractivity contribution in [3.05, 3.63) is 35.7 Å². The van der Waals surface area contributed by atoms with Crippen molar-refractivity contribution >= 4 is 28.9 Å². The number of unbranched alkanes of at least 4 members (excludes halogenated alkanes) is 2. The maximum Gasteiger partial charge on any atom is 0.276 e. The van der Waals surface area contributed by atoms with E-state index in [1.54, 1.807) is 16.6 Å². The third-order valence-corrected chi connectivity index (χ3v) is 5.29. The Morgan fingerprint density at radius 3 is 2.45 bits per heavy atom. The number of aryl methyl sites for hydroxylation is 2. The van der Waals surface area contributed by atoms with Crippen LogP contribution in [0.2, 0.25) is 0 Å². The fraction of sp³-hybridized carbons (Fsp3) is 0.500. The summed E-state index contributed by atoms with van der Waals surface area (Å²) in [5.74, 6) is -0.293. The van der Waals surface area contributed by atoms with Crippen LogP contribution in [0, 0.1) is 6.92 Å². The number of hydrogen-bond donors (Lipinski definition) is 1. The van der Waals surface area contributed by atoms with Gasteiger partial charge in [-0.3, -0.25) is 24.1 Å². The zero-order chi connectivity index (χ0) is 21.0. The van der Waals surface area contributed by atoms with E-state index in [1.807, 2.05) is 31.2 Å². The Balaban J connectivity index is 2.01. The van der Waals surface area contributed by atoms with E-state index in [-0.39, 0.29) is 11.8 Å². The maximum atomic E-state index is 13.6. The molecule has 0 fully saturated rings. The number of carbonyl (C=O) groups excluding carboxylic acids is 2. The zero-order valence-corrected chi connectivity index (χ0v) is 17.9. The molecule has 1 aliphatic rings. The number of anilines is 3. The number of rotatable bonds is 8. The molecule has 0 aliphatic carbocycles. The molecule has 0 atom stereocenters. The van der Waals surface area contributed by atoms with E-state index in [0.717, 1.165) is 38.8 Å². The van der Waals surface area contributed by atoms with Gasteiger partial charge in [0, 0.05) is 7.05 Å². The summed E-state index contributed by atoms with van der Waals surface area (Å²) >= 11 is 0. The summed E-state index contributed by atoms with van der Waals surface area (Å²) in [5.41, 5.74) is 2.96. The third kappa shape index (κ3) is 4.34. The maximum absolute atomic E-state index is 13.6. The van der Waals surface area contributed by atoms with Crippen molar-refractivity contribution in [3.8, 4) is 0 Å². The summed E-state index contributed by atoms with van der Waals surface area (Å²) in [7, 11) is 1.73. The highest BCUT2D eigenvalue weighted by molar-refractivity contribution is 6.17. The van der Waals surface area contributed by atoms with E-state index in [0.29, 0.717) is 35.0 Å². The van der Waals surface area contributed by atoms with Crippen LogP contribution >= 0.6 is 0 Å². The van der Waals surface area contributed by atoms with Gasteiger partial charge in [0.05, 0.1) is 23.6 Å². The first-order valence-electron chi connectivity index (χ1n) is 10.5. The Morgan fingerprint density at radius 2 is 1.79 bits per heavy atom. The van der Waals surface area contributed by atoms with Gasteiger partial charge in [0.25, 0.3) is 5.91 Å². The first kappa shape index (κ1) is 21.0. The van der Waals surface area contributed by atoms with Gasteiger partial charge in [0.15, 0.2) is 5.69 Å². The van der Waals surface area contributed by atoms with Gasteiger partial charge in [-0.05, 0) is 45.0 Å². The highest BCUT2D eigenvalue weighted by Gasteiger charge is 2.34. The lowest BCUT2D eigenvalue weighted by atomic mass is 10.2. The molecule has 156 valence electrons. The Morgan fingerprint density at radius 1 is 1.14 bits per heavy atom. The number of para-hydroxylation sites is 2. The molecular weight excluding hydrogens is 366 g/mol. The molecule has 1 aromatic heterocycles. The molecule has 2 aromatic rings. The van der Waals surface area contributed by atoms with Gasteiger partial charge in [0.1, 0.15) is 5.69 Å². The standard InChI is InChI=1S/C22H31N5O2/c1-5-7-13-26(14-8-6-2)15-19(28)27-18-12-10-9-11-17(18)23-22(29)21-20(27)16(3)24-25(21)4/h9-12H,5-8,13-15H2,1-4H3,(H,23,29). The van der Waals surface area contributed by atoms with Crippen LogP contribution in [0.3, 0.4) is 0 Å². The molecule has 2 heterocycles. The third-order valence-electron chi connectivity index (χ3n) is 5.29. The molecule has 1 N–H and O–H groups in total. The topological polar surface area (TPSA) is 70.5 Å². The minimum absolute atomic E-state index is 0.0430. The van der Waals surface area contributed by atoms with E-state index in [4.69, 9.17) is 0 Å². The van der Waals surface area contributed by atoms with Crippen molar-refractivity contribution in [2.45, 2.75) is 46.5 Å². The molecular formula is C22H31N5O2. The number of hydrogen-bond acceptors (Lipinski definition) is 4. The lowest BCUT2D eigenvalue weighted by molar-refractivity contribution is -0.119. The van der Waals surface area contributed by atoms with Crippen molar-refractivity contribution in [1.82, 2.24) is 14.7 Å². The first-order chi connectivity index (χ1) is 14.0. The van der Waals surface area contributed by atoms with Gasteiger partial charge < -0.3 is 5.32 Å². The lowest BCUT2D eigenvalue weighted by Crippen LogP contribution is -2.39. The Labute approximate surface area is 172 Å². The molecule has 0 radical (unpaired) electrons. The molecule has 0 unspecified atom stereocenters. The smallest absolute Gasteiger partial charge is 0.276 e. The van der Waals surface area contributed by atoms with Crippen molar-refractivity contribution in [2.24, 2.45) is 7.05 Å². The molecule has 0 spiro atoms. The van der Waals surface area contributed by atoms with Gasteiger partial charge in [-0.2, -0.15) is 5.10 Å². The molecule has 7 heteroatoms. The van der Waals surface area contributed by atoms with Crippen molar-refractivity contribution in [3.63, 3.8) is 0 Å². The predicted octanol–water partition coefficient (Wildman–Crippen LogP) is 3.86. The van der Waals surface area contributed by atoms with Crippen LogP contribution in [-0.2, 0) is 11.8 Å². The van der Waals surface area contributed by atoms with Gasteiger partial charge in [0.2, 0.25) is 5.91 Å². The molecule has 1 aliphatic heterocycles. The van der Waals surface area contributed by atoms with Crippen molar-refractivity contribution in [1.29, 1.82) is 0 Å². The Hall–Kier alpha value is -2.67. The average molecular weight is 398 g/mol. The summed E-state index contributed by atoms with van der Waals surface area (Å²) in [6.45, 7) is 8.27. The van der Waals surface area contributed by atoms with Crippen LogP contribution < -0.4 is 10.2 Å². The molecule has 0 bridgehead atoms. The Bertz CT molecular complexity index is 881. The van der Waals surface area contributed by atoms with Crippen LogP contribution in [0.15, 0.2) is 24.3 Å². The number of carbonyl (C=O) groups is 2. The van der Waals surface area contributed by atoms with Crippen LogP contribution in [0.25, 0.3) is 0 Å². The lowest BCUT2D eigenvalue weighted by Gasteiger charge is -2.27. The minimum atomic E-state index is -0.250. The predicted molar refractivity (Wildman–Crippen MR) is 116 cm³/mol. The molecule has 0 saturated heterocycles. The normalized spacial score (nSPS) is 13.1. The monoisotopic (exact) mass is 397 g/mol. The number of nitrogens with one attached hydrogen (secondary N) is 1. The van der Waals surface area contributed by atoms with Gasteiger partial charge >= 0.3 is 0 Å². The average Bonchev–Trinajstić information content (AvgIpc) is 2.90. The number of aromatic nitrogens is 2. The zero-order valence-electron chi connectivity index (χ0n) is 17.9. The van der Waals surface area contributed by atoms with E-state index in [2.05, 4.69) is 29.2 Å². The van der Waals surface area contributed by atoms with Crippen molar-refractivity contribution < 1.29 is 9.59 Å². The Kier molecular flexibility index (Phi) is 6.69. The fourth-order valence-electron chi connectivity index (χ4n) is 3.80. The first-order valence-corrected chi connectivity index (χ1v) is 10.5. The molecule has 2 amide bonds. The largest absolute Gasteiger partial charge is 0.319 e. The highest BCUT2D eigenvalue weighted by Crippen LogP contribution is 2.39. The van der Waals surface area contributed by atoms with E-state index in [1.165, 1.54) is 0 Å². The quantitative estimate of drug-likeness (QED) is 0.734. The van der Waals surface area contributed by atoms with Crippen LogP contribution in [-0.4, -0.2) is 46.1 Å². The molecule has 0 saturated carbocycles. The SMILES string of the molecule is CCCCN(CCCC)CC(=O)N1c2ccccc2NC(=O)c2c1c(C)nn2C. The summed E-state index contributed by atoms with van der Waals surface area (Å²) in [6.07, 6.45) is 4.30. The molecule has 29 heavy (non-hydrogen) atoms. The van der Waals surface area contributed by atoms with Crippen LogP contribution in [0.5, 0.6) is 0 Å². The van der Waals surface area contributed by atoms with Crippen LogP contribution in [0.1, 0.15) is 55.7 Å². The number of benzene rings is 1. The summed E-state index contributed by atoms with van der Waals surface area (Å²) in [6, 6.07) is 7.44. The second-order valence-electron chi connectivity index (χ2n) is 7.59. The van der Waals surface area contributed by atoms with Crippen LogP contribution in [0.4, 0.5) is 17.1 Å². The second-order valence-corrected chi connectivity index (χ2v) is 7.59. The summed E-state index contributed by atoms with van der Waals surface area (Å²) in [4.78, 5) is 30.3. The van der Waals surface area contributed by atoms with E-state index < -0.39 is 0 Å². The summed E-state index contributed by atoms with van der Waals surface area (Å²) < 4.78 is 1.55. The van der Waals surface area contributed by atoms with E-state index in [9.17, 15) is 9.59 Å². The highest BCUT2D eigenvalue weighted by atomic mass is 16.2.